The van der Waals surface area contributed by atoms with E-state index in [2.05, 4.69) is 25.3 Å². The maximum atomic E-state index is 13.7. The molecule has 4 aromatic rings. The van der Waals surface area contributed by atoms with Crippen LogP contribution < -0.4 is 14.8 Å². The first-order chi connectivity index (χ1) is 15.6. The number of methoxy groups -OCH3 is 2. The molecule has 0 bridgehead atoms. The van der Waals surface area contributed by atoms with Gasteiger partial charge in [0.2, 0.25) is 5.88 Å². The highest BCUT2D eigenvalue weighted by molar-refractivity contribution is 6.11. The summed E-state index contributed by atoms with van der Waals surface area (Å²) in [7, 11) is 3.06. The standard InChI is InChI=1S/C23H23N5O4/c1-31-15-4-6-20(26-10-15)28-22(19-12-27-21(32-2)13-25-19)23(30)17-11-24-18-5-3-14(7-8-29)9-16(17)18/h3-6,9-13,22,24,29H,7-8H2,1-2H3,(H,26,28). The van der Waals surface area contributed by atoms with Crippen molar-refractivity contribution >= 4 is 22.5 Å². The molecule has 0 aliphatic carbocycles. The first-order valence-electron chi connectivity index (χ1n) is 10.0. The second-order valence-corrected chi connectivity index (χ2v) is 7.06. The van der Waals surface area contributed by atoms with E-state index in [1.165, 1.54) is 19.5 Å². The molecule has 0 spiro atoms. The number of H-pyrrole nitrogens is 1. The number of anilines is 1. The zero-order chi connectivity index (χ0) is 22.5. The Bertz CT molecular complexity index is 1210. The highest BCUT2D eigenvalue weighted by atomic mass is 16.5. The number of ether oxygens (including phenoxy) is 2. The highest BCUT2D eigenvalue weighted by Gasteiger charge is 2.26. The fraction of sp³-hybridized carbons (Fsp3) is 0.217. The molecule has 0 radical (unpaired) electrons. The van der Waals surface area contributed by atoms with Gasteiger partial charge in [0.15, 0.2) is 5.78 Å². The summed E-state index contributed by atoms with van der Waals surface area (Å²) < 4.78 is 10.2. The van der Waals surface area contributed by atoms with Crippen molar-refractivity contribution < 1.29 is 19.4 Å². The van der Waals surface area contributed by atoms with E-state index in [0.717, 1.165) is 16.5 Å². The zero-order valence-electron chi connectivity index (χ0n) is 17.7. The molecule has 0 fully saturated rings. The molecule has 4 rings (SSSR count). The van der Waals surface area contributed by atoms with Gasteiger partial charge in [-0.25, -0.2) is 9.97 Å². The molecule has 1 atom stereocenters. The molecule has 3 heterocycles. The van der Waals surface area contributed by atoms with Gasteiger partial charge in [-0.1, -0.05) is 6.07 Å². The van der Waals surface area contributed by atoms with Crippen molar-refractivity contribution in [2.24, 2.45) is 0 Å². The van der Waals surface area contributed by atoms with Crippen LogP contribution in [0.4, 0.5) is 5.82 Å². The Morgan fingerprint density at radius 1 is 1.09 bits per heavy atom. The van der Waals surface area contributed by atoms with Crippen LogP contribution in [0.5, 0.6) is 11.6 Å². The number of hydrogen-bond acceptors (Lipinski definition) is 8. The average molecular weight is 433 g/mol. The van der Waals surface area contributed by atoms with Crippen LogP contribution in [-0.4, -0.2) is 51.7 Å². The lowest BCUT2D eigenvalue weighted by Gasteiger charge is -2.18. The molecule has 32 heavy (non-hydrogen) atoms. The summed E-state index contributed by atoms with van der Waals surface area (Å²) in [5.74, 6) is 1.25. The van der Waals surface area contributed by atoms with Crippen molar-refractivity contribution in [1.82, 2.24) is 19.9 Å². The van der Waals surface area contributed by atoms with Crippen LogP contribution in [0.2, 0.25) is 0 Å². The number of benzene rings is 1. The smallest absolute Gasteiger partial charge is 0.231 e. The van der Waals surface area contributed by atoms with Gasteiger partial charge < -0.3 is 24.9 Å². The summed E-state index contributed by atoms with van der Waals surface area (Å²) in [5.41, 5.74) is 2.70. The number of aliphatic hydroxyl groups excluding tert-OH is 1. The zero-order valence-corrected chi connectivity index (χ0v) is 17.7. The first kappa shape index (κ1) is 21.3. The third-order valence-electron chi connectivity index (χ3n) is 5.09. The largest absolute Gasteiger partial charge is 0.495 e. The van der Waals surface area contributed by atoms with Crippen molar-refractivity contribution in [2.75, 3.05) is 26.1 Å². The highest BCUT2D eigenvalue weighted by Crippen LogP contribution is 2.28. The maximum Gasteiger partial charge on any atom is 0.231 e. The Hall–Kier alpha value is -3.98. The second kappa shape index (κ2) is 9.44. The lowest BCUT2D eigenvalue weighted by atomic mass is 9.99. The molecule has 9 heteroatoms. The summed E-state index contributed by atoms with van der Waals surface area (Å²) in [5, 5.41) is 13.2. The van der Waals surface area contributed by atoms with E-state index in [-0.39, 0.29) is 12.4 Å². The van der Waals surface area contributed by atoms with Gasteiger partial charge in [0.1, 0.15) is 17.6 Å². The number of aliphatic hydroxyl groups is 1. The molecule has 3 aromatic heterocycles. The number of carbonyl (C=O) groups is 1. The number of aromatic nitrogens is 4. The van der Waals surface area contributed by atoms with Gasteiger partial charge in [0, 0.05) is 29.3 Å². The number of fused-ring (bicyclic) bond motifs is 1. The predicted octanol–water partition coefficient (Wildman–Crippen LogP) is 2.94. The number of carbonyl (C=O) groups excluding carboxylic acids is 1. The Morgan fingerprint density at radius 3 is 2.62 bits per heavy atom. The molecule has 1 unspecified atom stereocenters. The molecule has 0 aliphatic heterocycles. The van der Waals surface area contributed by atoms with Gasteiger partial charge in [-0.05, 0) is 36.2 Å². The molecule has 3 N–H and O–H groups in total. The summed E-state index contributed by atoms with van der Waals surface area (Å²) in [6, 6.07) is 8.38. The topological polar surface area (TPSA) is 122 Å². The van der Waals surface area contributed by atoms with Crippen molar-refractivity contribution in [3.63, 3.8) is 0 Å². The number of hydrogen-bond donors (Lipinski definition) is 3. The van der Waals surface area contributed by atoms with Crippen LogP contribution >= 0.6 is 0 Å². The van der Waals surface area contributed by atoms with Gasteiger partial charge in [-0.2, -0.15) is 0 Å². The Balaban J connectivity index is 1.73. The van der Waals surface area contributed by atoms with E-state index in [4.69, 9.17) is 9.47 Å². The monoisotopic (exact) mass is 433 g/mol. The van der Waals surface area contributed by atoms with Crippen LogP contribution in [0.15, 0.2) is 55.1 Å². The fourth-order valence-electron chi connectivity index (χ4n) is 3.40. The molecule has 1 aromatic carbocycles. The van der Waals surface area contributed by atoms with Crippen molar-refractivity contribution in [2.45, 2.75) is 12.5 Å². The molecule has 0 saturated heterocycles. The Labute approximate surface area is 184 Å². The van der Waals surface area contributed by atoms with E-state index in [9.17, 15) is 9.90 Å². The van der Waals surface area contributed by atoms with Crippen LogP contribution in [0, 0.1) is 0 Å². The van der Waals surface area contributed by atoms with Gasteiger partial charge in [0.05, 0.1) is 38.5 Å². The summed E-state index contributed by atoms with van der Waals surface area (Å²) in [6.07, 6.45) is 6.73. The summed E-state index contributed by atoms with van der Waals surface area (Å²) in [4.78, 5) is 29.7. The summed E-state index contributed by atoms with van der Waals surface area (Å²) in [6.45, 7) is 0.0357. The number of rotatable bonds is 9. The van der Waals surface area contributed by atoms with E-state index < -0.39 is 6.04 Å². The minimum atomic E-state index is -0.838. The number of ketones is 1. The third-order valence-corrected chi connectivity index (χ3v) is 5.09. The van der Waals surface area contributed by atoms with Crippen LogP contribution in [-0.2, 0) is 6.42 Å². The van der Waals surface area contributed by atoms with E-state index in [1.54, 1.807) is 31.6 Å². The predicted molar refractivity (Wildman–Crippen MR) is 119 cm³/mol. The number of aromatic amines is 1. The van der Waals surface area contributed by atoms with E-state index in [1.807, 2.05) is 18.2 Å². The van der Waals surface area contributed by atoms with Crippen molar-refractivity contribution in [1.29, 1.82) is 0 Å². The minimum absolute atomic E-state index is 0.0357. The quantitative estimate of drug-likeness (QED) is 0.345. The van der Waals surface area contributed by atoms with Gasteiger partial charge in [-0.15, -0.1) is 0 Å². The number of nitrogens with zero attached hydrogens (tertiary/aromatic N) is 3. The lowest BCUT2D eigenvalue weighted by Crippen LogP contribution is -2.23. The second-order valence-electron chi connectivity index (χ2n) is 7.06. The van der Waals surface area contributed by atoms with Crippen molar-refractivity contribution in [3.05, 3.63) is 71.9 Å². The minimum Gasteiger partial charge on any atom is -0.495 e. The van der Waals surface area contributed by atoms with Crippen LogP contribution in [0.1, 0.15) is 27.7 Å². The van der Waals surface area contributed by atoms with Crippen LogP contribution in [0.25, 0.3) is 10.9 Å². The lowest BCUT2D eigenvalue weighted by molar-refractivity contribution is 0.0969. The Kier molecular flexibility index (Phi) is 6.27. The van der Waals surface area contributed by atoms with Gasteiger partial charge in [-0.3, -0.25) is 9.78 Å². The molecule has 9 nitrogen and oxygen atoms in total. The average Bonchev–Trinajstić information content (AvgIpc) is 3.26. The number of Topliss-reactive ketones (excluding diaryl/α,β-unsaturated/α-hetero) is 1. The molecular formula is C23H23N5O4. The SMILES string of the molecule is COc1ccc(NC(C(=O)c2c[nH]c3ccc(CCO)cc23)c2cnc(OC)cn2)nc1. The van der Waals surface area contributed by atoms with Gasteiger partial charge >= 0.3 is 0 Å². The molecule has 0 aliphatic rings. The number of nitrogens with one attached hydrogen (secondary N) is 2. The van der Waals surface area contributed by atoms with E-state index >= 15 is 0 Å². The van der Waals surface area contributed by atoms with Crippen LogP contribution in [0.3, 0.4) is 0 Å². The maximum absolute atomic E-state index is 13.7. The van der Waals surface area contributed by atoms with E-state index in [0.29, 0.717) is 35.1 Å². The Morgan fingerprint density at radius 2 is 1.97 bits per heavy atom. The van der Waals surface area contributed by atoms with Crippen molar-refractivity contribution in [3.8, 4) is 11.6 Å². The third kappa shape index (κ3) is 4.37. The first-order valence-corrected chi connectivity index (χ1v) is 10.0. The summed E-state index contributed by atoms with van der Waals surface area (Å²) >= 11 is 0. The van der Waals surface area contributed by atoms with Gasteiger partial charge in [0.25, 0.3) is 0 Å². The molecule has 0 amide bonds. The molecular weight excluding hydrogens is 410 g/mol. The fourth-order valence-corrected chi connectivity index (χ4v) is 3.40. The molecule has 0 saturated carbocycles. The normalized spacial score (nSPS) is 11.8. The number of pyridine rings is 1. The molecule has 164 valence electrons.